The number of hydrogen-bond donors (Lipinski definition) is 2. The van der Waals surface area contributed by atoms with Crippen LogP contribution in [0.15, 0.2) is 48.5 Å². The van der Waals surface area contributed by atoms with Crippen LogP contribution in [-0.2, 0) is 0 Å². The summed E-state index contributed by atoms with van der Waals surface area (Å²) in [5, 5.41) is 14.5. The summed E-state index contributed by atoms with van der Waals surface area (Å²) >= 11 is 0. The van der Waals surface area contributed by atoms with E-state index in [2.05, 4.69) is 12.2 Å². The molecule has 32 heavy (non-hydrogen) atoms. The third kappa shape index (κ3) is 4.72. The monoisotopic (exact) mass is 438 g/mol. The maximum atomic E-state index is 13.5. The van der Waals surface area contributed by atoms with Crippen LogP contribution in [0.1, 0.15) is 51.2 Å². The van der Waals surface area contributed by atoms with Crippen molar-refractivity contribution in [2.45, 2.75) is 65.6 Å². The molecule has 0 saturated carbocycles. The molecule has 2 N–H and O–H groups in total. The summed E-state index contributed by atoms with van der Waals surface area (Å²) in [5.74, 6) is 0. The Morgan fingerprint density at radius 2 is 1.75 bits per heavy atom. The van der Waals surface area contributed by atoms with E-state index in [1.165, 1.54) is 4.90 Å². The number of rotatable bonds is 7. The number of benzene rings is 2. The molecule has 0 radical (unpaired) electrons. The highest BCUT2D eigenvalue weighted by atomic mass is 16.5. The Morgan fingerprint density at radius 1 is 1.09 bits per heavy atom. The molecule has 1 heterocycles. The van der Waals surface area contributed by atoms with Crippen LogP contribution in [0, 0.1) is 13.8 Å². The highest BCUT2D eigenvalue weighted by molar-refractivity contribution is 5.98. The summed E-state index contributed by atoms with van der Waals surface area (Å²) in [4.78, 5) is 29.9. The van der Waals surface area contributed by atoms with Gasteiger partial charge in [0.05, 0.1) is 5.54 Å². The maximum Gasteiger partial charge on any atom is 0.347 e. The van der Waals surface area contributed by atoms with Crippen molar-refractivity contribution in [1.29, 1.82) is 0 Å². The Morgan fingerprint density at radius 3 is 2.38 bits per heavy atom. The van der Waals surface area contributed by atoms with E-state index in [-0.39, 0.29) is 6.03 Å². The average Bonchev–Trinajstić information content (AvgIpc) is 2.93. The van der Waals surface area contributed by atoms with Gasteiger partial charge in [0.25, 0.3) is 0 Å². The number of nitrogens with one attached hydrogen (secondary N) is 1. The Kier molecular flexibility index (Phi) is 7.09. The van der Waals surface area contributed by atoms with Crippen LogP contribution in [0.5, 0.6) is 0 Å². The first-order chi connectivity index (χ1) is 15.2. The van der Waals surface area contributed by atoms with E-state index in [1.54, 1.807) is 11.0 Å². The van der Waals surface area contributed by atoms with E-state index in [0.717, 1.165) is 30.4 Å². The van der Waals surface area contributed by atoms with Gasteiger partial charge >= 0.3 is 12.1 Å². The number of carbonyl (C=O) groups is 2. The average molecular weight is 439 g/mol. The number of aryl methyl sites for hydroxylation is 2. The predicted octanol–water partition coefficient (Wildman–Crippen LogP) is 5.76. The fraction of sp³-hybridized carbons (Fsp3) is 0.440. The minimum Gasteiger partial charge on any atom is -0.315 e. The van der Waals surface area contributed by atoms with Crippen molar-refractivity contribution in [2.75, 3.05) is 16.8 Å². The summed E-state index contributed by atoms with van der Waals surface area (Å²) in [6.07, 6.45) is 2.01. The van der Waals surface area contributed by atoms with E-state index in [0.29, 0.717) is 23.0 Å². The van der Waals surface area contributed by atoms with Gasteiger partial charge in [-0.1, -0.05) is 44.0 Å². The van der Waals surface area contributed by atoms with Gasteiger partial charge in [-0.05, 0) is 69.5 Å². The summed E-state index contributed by atoms with van der Waals surface area (Å²) in [6, 6.07) is 14.0. The van der Waals surface area contributed by atoms with Gasteiger partial charge in [0.15, 0.2) is 6.17 Å². The summed E-state index contributed by atoms with van der Waals surface area (Å²) in [5.41, 5.74) is 2.40. The zero-order valence-electron chi connectivity index (χ0n) is 19.6. The van der Waals surface area contributed by atoms with Gasteiger partial charge in [0.1, 0.15) is 0 Å². The number of amides is 4. The van der Waals surface area contributed by atoms with E-state index in [1.807, 2.05) is 70.2 Å². The molecular weight excluding hydrogens is 404 g/mol. The zero-order valence-corrected chi connectivity index (χ0v) is 19.6. The first-order valence-corrected chi connectivity index (χ1v) is 11.2. The van der Waals surface area contributed by atoms with Crippen LogP contribution in [0.4, 0.5) is 21.0 Å². The molecule has 7 nitrogen and oxygen atoms in total. The van der Waals surface area contributed by atoms with Crippen LogP contribution in [0.3, 0.4) is 0 Å². The molecule has 1 atom stereocenters. The molecule has 0 unspecified atom stereocenters. The molecule has 2 aromatic carbocycles. The minimum atomic E-state index is -0.900. The van der Waals surface area contributed by atoms with Crippen molar-refractivity contribution >= 4 is 23.4 Å². The second-order valence-electron chi connectivity index (χ2n) is 9.02. The normalized spacial score (nSPS) is 17.6. The first-order valence-electron chi connectivity index (χ1n) is 11.2. The number of nitrogens with zero attached hydrogens (tertiary/aromatic N) is 3. The molecule has 0 aliphatic carbocycles. The third-order valence-corrected chi connectivity index (χ3v) is 5.98. The fourth-order valence-electron chi connectivity index (χ4n) is 4.29. The second kappa shape index (κ2) is 9.61. The summed E-state index contributed by atoms with van der Waals surface area (Å²) in [6.45, 7) is 10.3. The SMILES string of the molecule is CCCCCN1C(=O)N(c2cccc(C)c2)[C@H](N(O)C(=O)Nc2cccc(C)c2)C1(C)C. The topological polar surface area (TPSA) is 76.1 Å². The van der Waals surface area contributed by atoms with E-state index in [4.69, 9.17) is 0 Å². The van der Waals surface area contributed by atoms with Crippen LogP contribution >= 0.6 is 0 Å². The number of hydroxylamine groups is 2. The van der Waals surface area contributed by atoms with Crippen molar-refractivity contribution in [3.05, 3.63) is 59.7 Å². The first kappa shape index (κ1) is 23.6. The van der Waals surface area contributed by atoms with Gasteiger partial charge in [-0.25, -0.2) is 9.59 Å². The summed E-state index contributed by atoms with van der Waals surface area (Å²) in [7, 11) is 0. The Bertz CT molecular complexity index is 975. The smallest absolute Gasteiger partial charge is 0.315 e. The maximum absolute atomic E-state index is 13.5. The highest BCUT2D eigenvalue weighted by Crippen LogP contribution is 2.38. The minimum absolute atomic E-state index is 0.218. The summed E-state index contributed by atoms with van der Waals surface area (Å²) < 4.78 is 0. The Labute approximate surface area is 190 Å². The predicted molar refractivity (Wildman–Crippen MR) is 127 cm³/mol. The zero-order chi connectivity index (χ0) is 23.5. The van der Waals surface area contributed by atoms with Gasteiger partial charge in [-0.15, -0.1) is 0 Å². The molecule has 0 spiro atoms. The van der Waals surface area contributed by atoms with Gasteiger partial charge in [0, 0.05) is 17.9 Å². The van der Waals surface area contributed by atoms with E-state index < -0.39 is 17.7 Å². The molecule has 0 aromatic heterocycles. The quantitative estimate of drug-likeness (QED) is 0.328. The van der Waals surface area contributed by atoms with Crippen LogP contribution in [0.25, 0.3) is 0 Å². The number of anilines is 2. The van der Waals surface area contributed by atoms with E-state index >= 15 is 0 Å². The van der Waals surface area contributed by atoms with Crippen molar-refractivity contribution in [1.82, 2.24) is 9.96 Å². The van der Waals surface area contributed by atoms with Gasteiger partial charge < -0.3 is 10.2 Å². The fourth-order valence-corrected chi connectivity index (χ4v) is 4.29. The molecule has 4 amide bonds. The molecule has 1 saturated heterocycles. The molecule has 3 rings (SSSR count). The molecule has 7 heteroatoms. The standard InChI is InChI=1S/C25H34N4O3/c1-6-7-8-15-27-24(31)28(21-14-10-12-19(3)17-21)22(25(27,4)5)29(32)23(30)26-20-13-9-11-18(2)16-20/h9-14,16-17,22,32H,6-8,15H2,1-5H3,(H,26,30)/t22-/m1/s1. The van der Waals surface area contributed by atoms with Crippen molar-refractivity contribution in [3.8, 4) is 0 Å². The number of carbonyl (C=O) groups excluding carboxylic acids is 2. The Hall–Kier alpha value is -3.06. The molecule has 1 aliphatic heterocycles. The van der Waals surface area contributed by atoms with Crippen LogP contribution in [0.2, 0.25) is 0 Å². The lowest BCUT2D eigenvalue weighted by Gasteiger charge is -2.38. The second-order valence-corrected chi connectivity index (χ2v) is 9.02. The molecule has 172 valence electrons. The lowest BCUT2D eigenvalue weighted by Crippen LogP contribution is -2.58. The van der Waals surface area contributed by atoms with E-state index in [9.17, 15) is 14.8 Å². The van der Waals surface area contributed by atoms with Crippen molar-refractivity contribution in [2.24, 2.45) is 0 Å². The third-order valence-electron chi connectivity index (χ3n) is 5.98. The van der Waals surface area contributed by atoms with Crippen LogP contribution < -0.4 is 10.2 Å². The van der Waals surface area contributed by atoms with Gasteiger partial charge in [-0.3, -0.25) is 10.1 Å². The van der Waals surface area contributed by atoms with Gasteiger partial charge in [-0.2, -0.15) is 5.06 Å². The largest absolute Gasteiger partial charge is 0.347 e. The van der Waals surface area contributed by atoms with Crippen molar-refractivity contribution < 1.29 is 14.8 Å². The highest BCUT2D eigenvalue weighted by Gasteiger charge is 2.55. The lowest BCUT2D eigenvalue weighted by molar-refractivity contribution is -0.0949. The molecule has 1 aliphatic rings. The number of hydrogen-bond acceptors (Lipinski definition) is 3. The Balaban J connectivity index is 1.95. The molecule has 1 fully saturated rings. The van der Waals surface area contributed by atoms with Gasteiger partial charge in [0.2, 0.25) is 0 Å². The van der Waals surface area contributed by atoms with Crippen LogP contribution in [-0.4, -0.2) is 45.5 Å². The van der Waals surface area contributed by atoms with Crippen molar-refractivity contribution in [3.63, 3.8) is 0 Å². The lowest BCUT2D eigenvalue weighted by atomic mass is 9.99. The molecule has 2 aromatic rings. The number of unbranched alkanes of at least 4 members (excludes halogenated alkanes) is 2. The molecule has 0 bridgehead atoms. The molecular formula is C25H34N4O3. The number of urea groups is 2.